The lowest BCUT2D eigenvalue weighted by Crippen LogP contribution is -2.39. The number of hydrogen-bond acceptors (Lipinski definition) is 2. The molecular weight excluding hydrogens is 402 g/mol. The van der Waals surface area contributed by atoms with E-state index in [1.165, 1.54) is 51.5 Å². The van der Waals surface area contributed by atoms with Gasteiger partial charge in [-0.05, 0) is 67.3 Å². The number of benzene rings is 1. The van der Waals surface area contributed by atoms with Gasteiger partial charge in [0.1, 0.15) is 5.00 Å². The van der Waals surface area contributed by atoms with Crippen LogP contribution in [0, 0.1) is 5.92 Å². The first-order chi connectivity index (χ1) is 15.1. The number of nitrogens with one attached hydrogen (secondary N) is 1. The second kappa shape index (κ2) is 8.19. The Morgan fingerprint density at radius 2 is 1.94 bits per heavy atom. The number of rotatable bonds is 3. The molecule has 1 aliphatic carbocycles. The predicted molar refractivity (Wildman–Crippen MR) is 128 cm³/mol. The van der Waals surface area contributed by atoms with E-state index in [0.29, 0.717) is 12.5 Å². The van der Waals surface area contributed by atoms with Crippen LogP contribution in [-0.2, 0) is 25.8 Å². The highest BCUT2D eigenvalue weighted by Gasteiger charge is 2.36. The van der Waals surface area contributed by atoms with E-state index >= 15 is 0 Å². The number of anilines is 1. The van der Waals surface area contributed by atoms with Gasteiger partial charge in [-0.25, -0.2) is 4.79 Å². The van der Waals surface area contributed by atoms with Crippen LogP contribution in [0.15, 0.2) is 42.6 Å². The third-order valence-corrected chi connectivity index (χ3v) is 8.09. The molecule has 2 aliphatic rings. The normalized spacial score (nSPS) is 17.7. The number of nitrogens with zero attached hydrogens (tertiary/aromatic N) is 2. The smallest absolute Gasteiger partial charge is 0.311 e. The number of aryl methyl sites for hydroxylation is 2. The highest BCUT2D eigenvalue weighted by atomic mass is 32.1. The molecule has 0 radical (unpaired) electrons. The van der Waals surface area contributed by atoms with Gasteiger partial charge in [-0.1, -0.05) is 39.0 Å². The van der Waals surface area contributed by atoms with Crippen LogP contribution in [0.3, 0.4) is 0 Å². The van der Waals surface area contributed by atoms with Crippen molar-refractivity contribution in [3.05, 3.63) is 69.9 Å². The summed E-state index contributed by atoms with van der Waals surface area (Å²) in [5.41, 5.74) is 6.17. The van der Waals surface area contributed by atoms with Gasteiger partial charge in [0.05, 0.1) is 12.6 Å². The summed E-state index contributed by atoms with van der Waals surface area (Å²) >= 11 is 1.94. The number of para-hydroxylation sites is 1. The number of carbonyl (C=O) groups excluding carboxylic acids is 1. The Labute approximate surface area is 188 Å². The minimum Gasteiger partial charge on any atom is -0.311 e. The van der Waals surface area contributed by atoms with Crippen molar-refractivity contribution in [1.82, 2.24) is 9.47 Å². The van der Waals surface area contributed by atoms with E-state index in [2.05, 4.69) is 60.0 Å². The summed E-state index contributed by atoms with van der Waals surface area (Å²) in [6.45, 7) is 7.24. The van der Waals surface area contributed by atoms with Crippen LogP contribution < -0.4 is 5.32 Å². The summed E-state index contributed by atoms with van der Waals surface area (Å²) < 4.78 is 2.36. The van der Waals surface area contributed by atoms with Gasteiger partial charge in [0.2, 0.25) is 0 Å². The van der Waals surface area contributed by atoms with Crippen molar-refractivity contribution in [2.24, 2.45) is 5.92 Å². The third-order valence-electron chi connectivity index (χ3n) is 6.76. The minimum atomic E-state index is -0.00374. The Bertz CT molecular complexity index is 1110. The average Bonchev–Trinajstić information content (AvgIpc) is 3.35. The summed E-state index contributed by atoms with van der Waals surface area (Å²) in [5, 5.41) is 4.57. The van der Waals surface area contributed by atoms with E-state index in [1.807, 2.05) is 29.5 Å². The molecule has 0 saturated carbocycles. The van der Waals surface area contributed by atoms with Crippen molar-refractivity contribution in [1.29, 1.82) is 0 Å². The van der Waals surface area contributed by atoms with Crippen LogP contribution in [0.1, 0.15) is 66.9 Å². The number of amides is 2. The molecule has 1 atom stereocenters. The Morgan fingerprint density at radius 3 is 2.74 bits per heavy atom. The molecule has 0 spiro atoms. The first kappa shape index (κ1) is 20.4. The number of carbonyl (C=O) groups is 1. The van der Waals surface area contributed by atoms with Crippen LogP contribution in [0.25, 0.3) is 5.00 Å². The Hall–Kier alpha value is -2.53. The van der Waals surface area contributed by atoms with Crippen LogP contribution >= 0.6 is 11.3 Å². The monoisotopic (exact) mass is 433 g/mol. The van der Waals surface area contributed by atoms with E-state index in [4.69, 9.17) is 0 Å². The number of fused-ring (bicyclic) bond motifs is 5. The van der Waals surface area contributed by atoms with Crippen molar-refractivity contribution in [3.8, 4) is 5.00 Å². The molecule has 3 heterocycles. The molecule has 0 bridgehead atoms. The lowest BCUT2D eigenvalue weighted by molar-refractivity contribution is 0.161. The summed E-state index contributed by atoms with van der Waals surface area (Å²) in [6, 6.07) is 12.5. The molecule has 31 heavy (non-hydrogen) atoms. The van der Waals surface area contributed by atoms with Gasteiger partial charge in [-0.3, -0.25) is 0 Å². The number of aromatic nitrogens is 1. The lowest BCUT2D eigenvalue weighted by Gasteiger charge is -2.33. The van der Waals surface area contributed by atoms with E-state index in [1.54, 1.807) is 0 Å². The van der Waals surface area contributed by atoms with Crippen molar-refractivity contribution < 1.29 is 4.79 Å². The maximum Gasteiger partial charge on any atom is 0.322 e. The zero-order chi connectivity index (χ0) is 21.5. The van der Waals surface area contributed by atoms with Crippen LogP contribution in [0.5, 0.6) is 0 Å². The Morgan fingerprint density at radius 1 is 1.13 bits per heavy atom. The largest absolute Gasteiger partial charge is 0.322 e. The van der Waals surface area contributed by atoms with Gasteiger partial charge in [0.25, 0.3) is 0 Å². The molecule has 5 heteroatoms. The molecule has 4 nitrogen and oxygen atoms in total. The Balaban J connectivity index is 1.59. The van der Waals surface area contributed by atoms with Gasteiger partial charge in [0.15, 0.2) is 0 Å². The van der Waals surface area contributed by atoms with Crippen LogP contribution in [0.4, 0.5) is 10.5 Å². The van der Waals surface area contributed by atoms with Gasteiger partial charge >= 0.3 is 6.03 Å². The zero-order valence-electron chi connectivity index (χ0n) is 18.6. The second-order valence-electron chi connectivity index (χ2n) is 9.06. The first-order valence-corrected chi connectivity index (χ1v) is 12.4. The molecule has 1 aromatic carbocycles. The molecule has 162 valence electrons. The molecule has 1 aliphatic heterocycles. The highest BCUT2D eigenvalue weighted by Crippen LogP contribution is 2.44. The minimum absolute atomic E-state index is 0.00374. The number of thiophene rings is 1. The van der Waals surface area contributed by atoms with E-state index < -0.39 is 0 Å². The van der Waals surface area contributed by atoms with Crippen molar-refractivity contribution in [2.45, 2.75) is 65.5 Å². The van der Waals surface area contributed by atoms with Crippen LogP contribution in [-0.4, -0.2) is 15.5 Å². The van der Waals surface area contributed by atoms with E-state index in [0.717, 1.165) is 18.5 Å². The predicted octanol–water partition coefficient (Wildman–Crippen LogP) is 6.72. The Kier molecular flexibility index (Phi) is 5.39. The molecule has 0 saturated heterocycles. The summed E-state index contributed by atoms with van der Waals surface area (Å²) in [7, 11) is 0. The average molecular weight is 434 g/mol. The molecule has 5 rings (SSSR count). The SMILES string of the molecule is CCc1ccccc1NC(=O)N1Cc2c(sc3c2CCCC3)-n2cccc2[C@H]1C(C)C. The second-order valence-corrected chi connectivity index (χ2v) is 10.1. The summed E-state index contributed by atoms with van der Waals surface area (Å²) in [5.74, 6) is 0.311. The molecule has 0 fully saturated rings. The fourth-order valence-electron chi connectivity index (χ4n) is 5.26. The van der Waals surface area contributed by atoms with Gasteiger partial charge in [-0.2, -0.15) is 0 Å². The quantitative estimate of drug-likeness (QED) is 0.489. The van der Waals surface area contributed by atoms with Gasteiger partial charge in [-0.15, -0.1) is 11.3 Å². The molecule has 1 N–H and O–H groups in total. The fourth-order valence-corrected chi connectivity index (χ4v) is 6.66. The van der Waals surface area contributed by atoms with Crippen molar-refractivity contribution in [3.63, 3.8) is 0 Å². The molecule has 2 amide bonds. The van der Waals surface area contributed by atoms with E-state index in [9.17, 15) is 4.79 Å². The number of urea groups is 1. The standard InChI is InChI=1S/C26H31N3OS/c1-4-18-10-5-7-12-21(18)27-26(30)29-16-20-19-11-6-8-14-23(19)31-25(20)28-15-9-13-22(28)24(29)17(2)3/h5,7,9-10,12-13,15,17,24H,4,6,8,11,14,16H2,1-3H3,(H,27,30)/t24-/m1/s1. The van der Waals surface area contributed by atoms with Gasteiger partial charge < -0.3 is 14.8 Å². The zero-order valence-corrected chi connectivity index (χ0v) is 19.5. The van der Waals surface area contributed by atoms with Crippen LogP contribution in [0.2, 0.25) is 0 Å². The topological polar surface area (TPSA) is 37.3 Å². The summed E-state index contributed by atoms with van der Waals surface area (Å²) in [6.07, 6.45) is 7.91. The lowest BCUT2D eigenvalue weighted by atomic mass is 9.94. The molecule has 3 aromatic rings. The summed E-state index contributed by atoms with van der Waals surface area (Å²) in [4.78, 5) is 17.3. The van der Waals surface area contributed by atoms with Gasteiger partial charge in [0, 0.05) is 28.0 Å². The highest BCUT2D eigenvalue weighted by molar-refractivity contribution is 7.15. The molecule has 0 unspecified atom stereocenters. The molecule has 2 aromatic heterocycles. The maximum absolute atomic E-state index is 13.7. The van der Waals surface area contributed by atoms with Crippen molar-refractivity contribution >= 4 is 23.1 Å². The third kappa shape index (κ3) is 3.49. The van der Waals surface area contributed by atoms with Crippen molar-refractivity contribution in [2.75, 3.05) is 5.32 Å². The maximum atomic E-state index is 13.7. The number of hydrogen-bond donors (Lipinski definition) is 1. The first-order valence-electron chi connectivity index (χ1n) is 11.5. The fraction of sp³-hybridized carbons (Fsp3) is 0.423. The molecular formula is C26H31N3OS. The van der Waals surface area contributed by atoms with E-state index in [-0.39, 0.29) is 12.1 Å².